The number of nitrogens with zero attached hydrogens (tertiary/aromatic N) is 1. The summed E-state index contributed by atoms with van der Waals surface area (Å²) in [5.41, 5.74) is 3.10. The van der Waals surface area contributed by atoms with Crippen molar-refractivity contribution in [3.8, 4) is 11.5 Å². The van der Waals surface area contributed by atoms with Crippen LogP contribution in [0.2, 0.25) is 0 Å². The molecule has 1 aliphatic carbocycles. The van der Waals surface area contributed by atoms with Gasteiger partial charge in [0.15, 0.2) is 11.5 Å². The minimum Gasteiger partial charge on any atom is -0.493 e. The smallest absolute Gasteiger partial charge is 0.161 e. The molecular formula is C22H31NO5. The minimum absolute atomic E-state index is 0.0736. The summed E-state index contributed by atoms with van der Waals surface area (Å²) in [4.78, 5) is 2.43. The molecule has 4 atom stereocenters. The molecule has 1 aromatic carbocycles. The fourth-order valence-electron chi connectivity index (χ4n) is 5.37. The van der Waals surface area contributed by atoms with Gasteiger partial charge in [-0.15, -0.1) is 0 Å². The Morgan fingerprint density at radius 1 is 1.18 bits per heavy atom. The lowest BCUT2D eigenvalue weighted by molar-refractivity contribution is -0.0604. The second-order valence-corrected chi connectivity index (χ2v) is 7.81. The van der Waals surface area contributed by atoms with E-state index in [9.17, 15) is 5.11 Å². The van der Waals surface area contributed by atoms with Crippen molar-refractivity contribution in [2.75, 3.05) is 41.0 Å². The van der Waals surface area contributed by atoms with E-state index in [1.807, 2.05) is 6.92 Å². The Bertz CT molecular complexity index is 764. The third-order valence-corrected chi connectivity index (χ3v) is 6.57. The van der Waals surface area contributed by atoms with Gasteiger partial charge in [0.2, 0.25) is 0 Å². The van der Waals surface area contributed by atoms with E-state index in [4.69, 9.17) is 18.9 Å². The minimum atomic E-state index is -0.500. The van der Waals surface area contributed by atoms with Gasteiger partial charge in [-0.2, -0.15) is 0 Å². The molecule has 2 aliphatic heterocycles. The van der Waals surface area contributed by atoms with Crippen LogP contribution in [0.25, 0.3) is 0 Å². The number of rotatable bonds is 5. The van der Waals surface area contributed by atoms with E-state index < -0.39 is 6.10 Å². The maximum atomic E-state index is 11.0. The summed E-state index contributed by atoms with van der Waals surface area (Å²) in [6, 6.07) is 4.21. The van der Waals surface area contributed by atoms with E-state index in [0.29, 0.717) is 13.2 Å². The molecule has 28 heavy (non-hydrogen) atoms. The number of hydrogen-bond acceptors (Lipinski definition) is 6. The van der Waals surface area contributed by atoms with Crippen LogP contribution in [-0.2, 0) is 21.4 Å². The predicted molar refractivity (Wildman–Crippen MR) is 106 cm³/mol. The Morgan fingerprint density at radius 2 is 1.93 bits per heavy atom. The highest BCUT2D eigenvalue weighted by molar-refractivity contribution is 5.55. The lowest BCUT2D eigenvalue weighted by atomic mass is 9.71. The number of fused-ring (bicyclic) bond motifs is 1. The molecule has 0 bridgehead atoms. The Morgan fingerprint density at radius 3 is 2.61 bits per heavy atom. The van der Waals surface area contributed by atoms with Crippen LogP contribution in [0.3, 0.4) is 0 Å². The van der Waals surface area contributed by atoms with E-state index in [0.717, 1.165) is 42.9 Å². The lowest BCUT2D eigenvalue weighted by Gasteiger charge is -2.46. The summed E-state index contributed by atoms with van der Waals surface area (Å²) in [5.74, 6) is 1.47. The van der Waals surface area contributed by atoms with Gasteiger partial charge in [0, 0.05) is 26.7 Å². The molecule has 6 nitrogen and oxygen atoms in total. The van der Waals surface area contributed by atoms with Gasteiger partial charge in [0.1, 0.15) is 6.10 Å². The van der Waals surface area contributed by atoms with Gasteiger partial charge in [-0.1, -0.05) is 0 Å². The summed E-state index contributed by atoms with van der Waals surface area (Å²) in [6.07, 6.45) is 4.16. The number of aliphatic hydroxyl groups is 1. The molecule has 1 aromatic rings. The van der Waals surface area contributed by atoms with Crippen LogP contribution >= 0.6 is 0 Å². The van der Waals surface area contributed by atoms with Crippen LogP contribution < -0.4 is 9.47 Å². The highest BCUT2D eigenvalue weighted by Crippen LogP contribution is 2.54. The number of ether oxygens (including phenoxy) is 4. The highest BCUT2D eigenvalue weighted by Gasteiger charge is 2.56. The van der Waals surface area contributed by atoms with Crippen molar-refractivity contribution in [2.24, 2.45) is 0 Å². The van der Waals surface area contributed by atoms with Crippen molar-refractivity contribution < 1.29 is 24.1 Å². The summed E-state index contributed by atoms with van der Waals surface area (Å²) >= 11 is 0. The monoisotopic (exact) mass is 389 g/mol. The van der Waals surface area contributed by atoms with Gasteiger partial charge >= 0.3 is 0 Å². The van der Waals surface area contributed by atoms with Crippen molar-refractivity contribution in [3.63, 3.8) is 0 Å². The molecule has 6 heteroatoms. The number of methoxy groups -OCH3 is 3. The first kappa shape index (κ1) is 19.7. The Hall–Kier alpha value is -1.60. The van der Waals surface area contributed by atoms with Crippen LogP contribution in [0, 0.1) is 0 Å². The number of benzene rings is 1. The van der Waals surface area contributed by atoms with Gasteiger partial charge in [-0.3, -0.25) is 4.90 Å². The molecule has 1 N–H and O–H groups in total. The zero-order valence-electron chi connectivity index (χ0n) is 17.2. The number of aliphatic hydroxyl groups excluding tert-OH is 1. The molecule has 0 unspecified atom stereocenters. The van der Waals surface area contributed by atoms with Crippen molar-refractivity contribution in [1.29, 1.82) is 0 Å². The maximum Gasteiger partial charge on any atom is 0.161 e. The predicted octanol–water partition coefficient (Wildman–Crippen LogP) is 2.27. The van der Waals surface area contributed by atoms with E-state index in [1.54, 1.807) is 21.3 Å². The standard InChI is InChI=1S/C22H31NO5/c1-5-28-20-11-16-17(24)13-23-8-6-7-14-9-18(25-2)19(26-3)10-15(14)22(16,23)12-21(20)27-4/h9-11,17,20-21,24H,5-8,12-13H2,1-4H3/t17-,20+,21-,22-/m1/s1. The quantitative estimate of drug-likeness (QED) is 0.780. The zero-order valence-corrected chi connectivity index (χ0v) is 17.2. The Balaban J connectivity index is 1.93. The third kappa shape index (κ3) is 2.86. The molecule has 1 spiro atoms. The largest absolute Gasteiger partial charge is 0.493 e. The molecule has 1 saturated heterocycles. The Labute approximate surface area is 167 Å². The molecule has 0 saturated carbocycles. The molecule has 0 amide bonds. The van der Waals surface area contributed by atoms with Crippen molar-refractivity contribution in [3.05, 3.63) is 34.9 Å². The third-order valence-electron chi connectivity index (χ3n) is 6.57. The Kier molecular flexibility index (Phi) is 5.40. The average Bonchev–Trinajstić information content (AvgIpc) is 2.90. The van der Waals surface area contributed by atoms with Crippen LogP contribution in [0.15, 0.2) is 23.8 Å². The van der Waals surface area contributed by atoms with Crippen LogP contribution in [0.5, 0.6) is 11.5 Å². The van der Waals surface area contributed by atoms with Crippen molar-refractivity contribution >= 4 is 0 Å². The van der Waals surface area contributed by atoms with Crippen molar-refractivity contribution in [1.82, 2.24) is 4.90 Å². The first-order valence-corrected chi connectivity index (χ1v) is 10.1. The summed E-state index contributed by atoms with van der Waals surface area (Å²) in [6.45, 7) is 4.17. The fraction of sp³-hybridized carbons (Fsp3) is 0.636. The second-order valence-electron chi connectivity index (χ2n) is 7.81. The van der Waals surface area contributed by atoms with Crippen LogP contribution in [-0.4, -0.2) is 69.3 Å². The first-order chi connectivity index (χ1) is 13.6. The van der Waals surface area contributed by atoms with Gasteiger partial charge in [-0.25, -0.2) is 0 Å². The molecule has 0 aromatic heterocycles. The van der Waals surface area contributed by atoms with Gasteiger partial charge in [0.25, 0.3) is 0 Å². The second kappa shape index (κ2) is 7.67. The fourth-order valence-corrected chi connectivity index (χ4v) is 5.37. The average molecular weight is 389 g/mol. The van der Waals surface area contributed by atoms with Gasteiger partial charge < -0.3 is 24.1 Å². The number of aryl methyl sites for hydroxylation is 1. The van der Waals surface area contributed by atoms with Crippen LogP contribution in [0.1, 0.15) is 30.9 Å². The lowest BCUT2D eigenvalue weighted by Crippen LogP contribution is -2.50. The first-order valence-electron chi connectivity index (χ1n) is 10.1. The molecule has 2 heterocycles. The summed E-state index contributed by atoms with van der Waals surface area (Å²) < 4.78 is 23.0. The molecule has 0 radical (unpaired) electrons. The van der Waals surface area contributed by atoms with E-state index in [2.05, 4.69) is 23.1 Å². The molecule has 4 rings (SSSR count). The molecule has 154 valence electrons. The van der Waals surface area contributed by atoms with E-state index in [-0.39, 0.29) is 17.7 Å². The number of hydrogen-bond donors (Lipinski definition) is 1. The maximum absolute atomic E-state index is 11.0. The normalized spacial score (nSPS) is 32.0. The van der Waals surface area contributed by atoms with E-state index >= 15 is 0 Å². The van der Waals surface area contributed by atoms with Gasteiger partial charge in [-0.05, 0) is 61.2 Å². The molecule has 3 aliphatic rings. The SMILES string of the molecule is CCO[C@H]1C=C2[C@H](O)CN3CCCc4cc(OC)c(OC)cc4[C@]23C[C@H]1OC. The topological polar surface area (TPSA) is 60.4 Å². The van der Waals surface area contributed by atoms with E-state index in [1.165, 1.54) is 11.1 Å². The highest BCUT2D eigenvalue weighted by atomic mass is 16.5. The summed E-state index contributed by atoms with van der Waals surface area (Å²) in [7, 11) is 5.08. The van der Waals surface area contributed by atoms with Gasteiger partial charge in [0.05, 0.1) is 32.0 Å². The van der Waals surface area contributed by atoms with Crippen LogP contribution in [0.4, 0.5) is 0 Å². The molecule has 1 fully saturated rings. The molecular weight excluding hydrogens is 358 g/mol. The summed E-state index contributed by atoms with van der Waals surface area (Å²) in [5, 5.41) is 11.0. The van der Waals surface area contributed by atoms with Crippen molar-refractivity contribution in [2.45, 2.75) is 50.0 Å². The zero-order chi connectivity index (χ0) is 19.9.